The molecule has 1 amide bonds. The van der Waals surface area contributed by atoms with Gasteiger partial charge in [0.2, 0.25) is 0 Å². The summed E-state index contributed by atoms with van der Waals surface area (Å²) in [6.45, 7) is 4.11. The van der Waals surface area contributed by atoms with Crippen LogP contribution in [0.4, 0.5) is 0 Å². The summed E-state index contributed by atoms with van der Waals surface area (Å²) in [6, 6.07) is 3.19. The maximum absolute atomic E-state index is 12.5. The van der Waals surface area contributed by atoms with Gasteiger partial charge in [-0.3, -0.25) is 4.79 Å². The largest absolute Gasteiger partial charge is 0.443 e. The van der Waals surface area contributed by atoms with Gasteiger partial charge in [0.05, 0.1) is 12.2 Å². The van der Waals surface area contributed by atoms with Crippen molar-refractivity contribution in [3.63, 3.8) is 0 Å². The summed E-state index contributed by atoms with van der Waals surface area (Å²) in [6.07, 6.45) is 0.657. The van der Waals surface area contributed by atoms with Crippen molar-refractivity contribution in [2.75, 3.05) is 13.1 Å². The lowest BCUT2D eigenvalue weighted by Crippen LogP contribution is -2.61. The molecule has 130 valence electrons. The first-order valence-electron chi connectivity index (χ1n) is 8.22. The standard InChI is InChI=1S/C18H23NO5/c1-17(2,23)6-5-12-3-4-13(24-12)16(22)19-9-7-18(8-10-19)14(20)11-15(18)21/h3-4,14-15,20-21,23H,7-11H2,1-2H3. The molecule has 2 unspecified atom stereocenters. The lowest BCUT2D eigenvalue weighted by atomic mass is 9.58. The van der Waals surface area contributed by atoms with Crippen molar-refractivity contribution in [2.24, 2.45) is 5.41 Å². The Labute approximate surface area is 141 Å². The fraction of sp³-hybridized carbons (Fsp3) is 0.611. The Morgan fingerprint density at radius 3 is 2.46 bits per heavy atom. The van der Waals surface area contributed by atoms with Crippen LogP contribution in [0.1, 0.15) is 49.4 Å². The zero-order valence-corrected chi connectivity index (χ0v) is 14.0. The molecule has 1 aromatic heterocycles. The average molecular weight is 333 g/mol. The van der Waals surface area contributed by atoms with Crippen molar-refractivity contribution >= 4 is 5.91 Å². The molecule has 1 aliphatic heterocycles. The zero-order valence-electron chi connectivity index (χ0n) is 14.0. The van der Waals surface area contributed by atoms with E-state index in [1.54, 1.807) is 30.9 Å². The quantitative estimate of drug-likeness (QED) is 0.659. The van der Waals surface area contributed by atoms with Gasteiger partial charge in [0, 0.05) is 24.9 Å². The van der Waals surface area contributed by atoms with Crippen LogP contribution in [-0.2, 0) is 0 Å². The molecule has 1 spiro atoms. The van der Waals surface area contributed by atoms with Crippen molar-refractivity contribution in [1.29, 1.82) is 0 Å². The van der Waals surface area contributed by atoms with E-state index in [9.17, 15) is 20.1 Å². The first kappa shape index (κ1) is 17.0. The molecule has 1 aliphatic carbocycles. The van der Waals surface area contributed by atoms with Gasteiger partial charge in [-0.2, -0.15) is 0 Å². The van der Waals surface area contributed by atoms with Crippen molar-refractivity contribution in [2.45, 2.75) is 50.9 Å². The summed E-state index contributed by atoms with van der Waals surface area (Å²) in [4.78, 5) is 14.2. The summed E-state index contributed by atoms with van der Waals surface area (Å²) >= 11 is 0. The number of rotatable bonds is 1. The minimum atomic E-state index is -1.12. The van der Waals surface area contributed by atoms with Gasteiger partial charge >= 0.3 is 0 Å². The third kappa shape index (κ3) is 3.07. The van der Waals surface area contributed by atoms with Crippen LogP contribution in [0.2, 0.25) is 0 Å². The van der Waals surface area contributed by atoms with Crippen LogP contribution in [0.15, 0.2) is 16.5 Å². The van der Waals surface area contributed by atoms with Crippen molar-refractivity contribution in [3.8, 4) is 11.8 Å². The predicted molar refractivity (Wildman–Crippen MR) is 86.1 cm³/mol. The second kappa shape index (κ2) is 5.92. The number of furan rings is 1. The number of carbonyl (C=O) groups excluding carboxylic acids is 1. The van der Waals surface area contributed by atoms with E-state index in [1.807, 2.05) is 0 Å². The van der Waals surface area contributed by atoms with Crippen molar-refractivity contribution < 1.29 is 24.5 Å². The summed E-state index contributed by atoms with van der Waals surface area (Å²) in [5.74, 6) is 5.66. The molecule has 1 aromatic rings. The van der Waals surface area contributed by atoms with Crippen LogP contribution in [-0.4, -0.2) is 57.0 Å². The number of hydrogen-bond donors (Lipinski definition) is 3. The number of aliphatic hydroxyl groups is 3. The Hall–Kier alpha value is -1.81. The summed E-state index contributed by atoms with van der Waals surface area (Å²) in [5, 5.41) is 29.5. The van der Waals surface area contributed by atoms with Gasteiger partial charge in [0.25, 0.3) is 5.91 Å². The number of hydrogen-bond acceptors (Lipinski definition) is 5. The van der Waals surface area contributed by atoms with Gasteiger partial charge < -0.3 is 24.6 Å². The van der Waals surface area contributed by atoms with E-state index in [-0.39, 0.29) is 11.7 Å². The molecule has 6 nitrogen and oxygen atoms in total. The third-order valence-corrected chi connectivity index (χ3v) is 5.06. The van der Waals surface area contributed by atoms with Gasteiger partial charge in [-0.05, 0) is 44.7 Å². The first-order valence-corrected chi connectivity index (χ1v) is 8.22. The number of likely N-dealkylation sites (tertiary alicyclic amines) is 1. The molecule has 1 saturated heterocycles. The fourth-order valence-corrected chi connectivity index (χ4v) is 3.43. The molecule has 24 heavy (non-hydrogen) atoms. The molecule has 0 radical (unpaired) electrons. The number of aliphatic hydroxyl groups excluding tert-OH is 2. The molecule has 2 fully saturated rings. The topological polar surface area (TPSA) is 94.1 Å². The second-order valence-corrected chi connectivity index (χ2v) is 7.27. The third-order valence-electron chi connectivity index (χ3n) is 5.06. The maximum Gasteiger partial charge on any atom is 0.289 e. The Morgan fingerprint density at radius 1 is 1.29 bits per heavy atom. The Bertz CT molecular complexity index is 672. The van der Waals surface area contributed by atoms with E-state index < -0.39 is 23.2 Å². The minimum absolute atomic E-state index is 0.209. The summed E-state index contributed by atoms with van der Waals surface area (Å²) in [5.41, 5.74) is -1.56. The predicted octanol–water partition coefficient (Wildman–Crippen LogP) is 0.750. The molecule has 1 saturated carbocycles. The number of piperidine rings is 1. The molecule has 3 N–H and O–H groups in total. The van der Waals surface area contributed by atoms with Gasteiger partial charge in [-0.1, -0.05) is 5.92 Å². The molecule has 2 heterocycles. The zero-order chi connectivity index (χ0) is 17.5. The molecule has 6 heteroatoms. The van der Waals surface area contributed by atoms with Crippen LogP contribution >= 0.6 is 0 Å². The van der Waals surface area contributed by atoms with E-state index in [2.05, 4.69) is 11.8 Å². The van der Waals surface area contributed by atoms with E-state index in [0.717, 1.165) is 0 Å². The highest BCUT2D eigenvalue weighted by Crippen LogP contribution is 2.49. The van der Waals surface area contributed by atoms with Gasteiger partial charge in [0.15, 0.2) is 11.5 Å². The Balaban J connectivity index is 1.64. The normalized spacial score (nSPS) is 25.8. The summed E-state index contributed by atoms with van der Waals surface area (Å²) < 4.78 is 5.45. The molecule has 3 rings (SSSR count). The highest BCUT2D eigenvalue weighted by atomic mass is 16.4. The molecular formula is C18H23NO5. The number of carbonyl (C=O) groups is 1. The minimum Gasteiger partial charge on any atom is -0.443 e. The lowest BCUT2D eigenvalue weighted by molar-refractivity contribution is -0.187. The highest BCUT2D eigenvalue weighted by molar-refractivity contribution is 5.91. The lowest BCUT2D eigenvalue weighted by Gasteiger charge is -2.54. The van der Waals surface area contributed by atoms with Crippen molar-refractivity contribution in [1.82, 2.24) is 4.90 Å². The number of nitrogens with zero attached hydrogens (tertiary/aromatic N) is 1. The maximum atomic E-state index is 12.5. The van der Waals surface area contributed by atoms with E-state index in [1.165, 1.54) is 0 Å². The molecule has 2 atom stereocenters. The molecule has 0 aromatic carbocycles. The number of amides is 1. The van der Waals surface area contributed by atoms with Crippen LogP contribution in [0, 0.1) is 17.3 Å². The van der Waals surface area contributed by atoms with E-state index >= 15 is 0 Å². The van der Waals surface area contributed by atoms with E-state index in [0.29, 0.717) is 38.1 Å². The van der Waals surface area contributed by atoms with Crippen LogP contribution < -0.4 is 0 Å². The molecule has 2 aliphatic rings. The Kier molecular flexibility index (Phi) is 4.20. The van der Waals surface area contributed by atoms with Crippen LogP contribution in [0.5, 0.6) is 0 Å². The van der Waals surface area contributed by atoms with Gasteiger partial charge in [0.1, 0.15) is 5.60 Å². The fourth-order valence-electron chi connectivity index (χ4n) is 3.43. The smallest absolute Gasteiger partial charge is 0.289 e. The van der Waals surface area contributed by atoms with Crippen LogP contribution in [0.25, 0.3) is 0 Å². The molecular weight excluding hydrogens is 310 g/mol. The van der Waals surface area contributed by atoms with Gasteiger partial charge in [-0.25, -0.2) is 0 Å². The SMILES string of the molecule is CC(C)(O)C#Cc1ccc(C(=O)N2CCC3(CC2)C(O)CC3O)o1. The molecule has 0 bridgehead atoms. The van der Waals surface area contributed by atoms with Crippen molar-refractivity contribution in [3.05, 3.63) is 23.7 Å². The summed E-state index contributed by atoms with van der Waals surface area (Å²) in [7, 11) is 0. The average Bonchev–Trinajstić information content (AvgIpc) is 3.01. The monoisotopic (exact) mass is 333 g/mol. The van der Waals surface area contributed by atoms with Gasteiger partial charge in [-0.15, -0.1) is 0 Å². The van der Waals surface area contributed by atoms with E-state index in [4.69, 9.17) is 4.42 Å². The highest BCUT2D eigenvalue weighted by Gasteiger charge is 2.55. The Morgan fingerprint density at radius 2 is 1.92 bits per heavy atom. The second-order valence-electron chi connectivity index (χ2n) is 7.27. The first-order chi connectivity index (χ1) is 11.2. The van der Waals surface area contributed by atoms with Crippen LogP contribution in [0.3, 0.4) is 0 Å².